The van der Waals surface area contributed by atoms with Crippen molar-refractivity contribution in [3.8, 4) is 27.9 Å². The summed E-state index contributed by atoms with van der Waals surface area (Å²) >= 11 is 0. The number of para-hydroxylation sites is 3. The fourth-order valence-corrected chi connectivity index (χ4v) is 7.50. The van der Waals surface area contributed by atoms with Gasteiger partial charge in [0, 0.05) is 28.2 Å². The Morgan fingerprint density at radius 2 is 1.09 bits per heavy atom. The first kappa shape index (κ1) is 24.9. The van der Waals surface area contributed by atoms with Gasteiger partial charge in [0.1, 0.15) is 0 Å². The maximum atomic E-state index is 2.54. The van der Waals surface area contributed by atoms with Gasteiger partial charge in [-0.05, 0) is 64.2 Å². The normalized spacial score (nSPS) is 16.5. The summed E-state index contributed by atoms with van der Waals surface area (Å²) in [5.41, 5.74) is 14.0. The Hall–Kier alpha value is -5.60. The molecular weight excluding hydrogens is 532 g/mol. The number of benzene rings is 6. The third-order valence-corrected chi connectivity index (χ3v) is 9.37. The van der Waals surface area contributed by atoms with Crippen LogP contribution in [0.15, 0.2) is 164 Å². The molecule has 0 bridgehead atoms. The summed E-state index contributed by atoms with van der Waals surface area (Å²) in [6.45, 7) is 0. The van der Waals surface area contributed by atoms with Gasteiger partial charge in [-0.1, -0.05) is 133 Å². The molecule has 0 saturated heterocycles. The lowest BCUT2D eigenvalue weighted by Gasteiger charge is -2.31. The molecule has 2 aliphatic rings. The zero-order valence-electron chi connectivity index (χ0n) is 24.2. The van der Waals surface area contributed by atoms with Crippen molar-refractivity contribution in [2.45, 2.75) is 12.0 Å². The molecule has 2 heterocycles. The predicted octanol–water partition coefficient (Wildman–Crippen LogP) is 10.6. The molecule has 1 aliphatic carbocycles. The molecule has 0 spiro atoms. The Morgan fingerprint density at radius 1 is 0.477 bits per heavy atom. The quantitative estimate of drug-likeness (QED) is 0.207. The monoisotopic (exact) mass is 562 g/mol. The van der Waals surface area contributed by atoms with E-state index < -0.39 is 0 Å². The van der Waals surface area contributed by atoms with Gasteiger partial charge in [0.2, 0.25) is 0 Å². The van der Waals surface area contributed by atoms with E-state index in [-0.39, 0.29) is 12.0 Å². The lowest BCUT2D eigenvalue weighted by atomic mass is 9.82. The third-order valence-electron chi connectivity index (χ3n) is 9.37. The summed E-state index contributed by atoms with van der Waals surface area (Å²) in [4.78, 5) is 2.54. The first-order valence-electron chi connectivity index (χ1n) is 15.4. The Kier molecular flexibility index (Phi) is 5.67. The summed E-state index contributed by atoms with van der Waals surface area (Å²) in [5, 5.41) is 1.32. The van der Waals surface area contributed by atoms with Crippen LogP contribution >= 0.6 is 0 Å². The number of hydrogen-bond acceptors (Lipinski definition) is 1. The number of anilines is 2. The van der Waals surface area contributed by atoms with Gasteiger partial charge in [0.25, 0.3) is 0 Å². The summed E-state index contributed by atoms with van der Waals surface area (Å²) in [7, 11) is 0. The van der Waals surface area contributed by atoms with Crippen LogP contribution in [0.2, 0.25) is 0 Å². The van der Waals surface area contributed by atoms with Crippen LogP contribution in [-0.2, 0) is 0 Å². The molecule has 44 heavy (non-hydrogen) atoms. The largest absolute Gasteiger partial charge is 0.333 e. The third kappa shape index (κ3) is 3.74. The van der Waals surface area contributed by atoms with Crippen LogP contribution in [0, 0.1) is 0 Å². The molecule has 9 rings (SSSR count). The van der Waals surface area contributed by atoms with Gasteiger partial charge in [-0.25, -0.2) is 0 Å². The van der Waals surface area contributed by atoms with E-state index >= 15 is 0 Å². The van der Waals surface area contributed by atoms with Crippen LogP contribution in [0.3, 0.4) is 0 Å². The molecule has 2 heteroatoms. The highest BCUT2D eigenvalue weighted by molar-refractivity contribution is 5.95. The summed E-state index contributed by atoms with van der Waals surface area (Å²) in [5.74, 6) is 0.218. The molecule has 1 aliphatic heterocycles. The predicted molar refractivity (Wildman–Crippen MR) is 184 cm³/mol. The van der Waals surface area contributed by atoms with Crippen molar-refractivity contribution < 1.29 is 0 Å². The van der Waals surface area contributed by atoms with Gasteiger partial charge in [-0.15, -0.1) is 0 Å². The van der Waals surface area contributed by atoms with Crippen LogP contribution in [-0.4, -0.2) is 10.6 Å². The second-order valence-corrected chi connectivity index (χ2v) is 11.7. The Labute approximate surface area is 257 Å². The molecule has 0 radical (unpaired) electrons. The number of fused-ring (bicyclic) bond motifs is 7. The maximum absolute atomic E-state index is 2.54. The van der Waals surface area contributed by atoms with Crippen LogP contribution < -0.4 is 4.90 Å². The van der Waals surface area contributed by atoms with Crippen molar-refractivity contribution in [2.75, 3.05) is 4.90 Å². The minimum absolute atomic E-state index is 0.186. The van der Waals surface area contributed by atoms with E-state index in [1.54, 1.807) is 0 Å². The van der Waals surface area contributed by atoms with E-state index in [0.717, 1.165) is 0 Å². The molecular formula is C42H30N2. The molecule has 0 saturated carbocycles. The molecule has 6 aromatic carbocycles. The number of nitrogens with zero attached hydrogens (tertiary/aromatic N) is 2. The summed E-state index contributed by atoms with van der Waals surface area (Å²) < 4.78 is 2.49. The van der Waals surface area contributed by atoms with Crippen LogP contribution in [0.1, 0.15) is 22.7 Å². The standard InChI is InChI=1S/C42H30N2/c1-3-13-29(14-4-1)30-23-25-32(26-24-30)43-37-21-11-8-18-34(37)41-39(43)27-28-40-42(41)35-19-9-12-22-38(35)44(40)36-20-10-7-17-33(36)31-15-5-2-6-16-31/h1-28,39,41H. The van der Waals surface area contributed by atoms with Crippen LogP contribution in [0.5, 0.6) is 0 Å². The molecule has 2 unspecified atom stereocenters. The first-order valence-corrected chi connectivity index (χ1v) is 15.4. The summed E-state index contributed by atoms with van der Waals surface area (Å²) in [6.07, 6.45) is 4.80. The summed E-state index contributed by atoms with van der Waals surface area (Å²) in [6, 6.07) is 57.3. The topological polar surface area (TPSA) is 8.17 Å². The average Bonchev–Trinajstić information content (AvgIpc) is 3.62. The molecule has 1 aromatic heterocycles. The van der Waals surface area contributed by atoms with Crippen LogP contribution in [0.25, 0.3) is 44.9 Å². The average molecular weight is 563 g/mol. The molecule has 0 amide bonds. The zero-order valence-corrected chi connectivity index (χ0v) is 24.2. The molecule has 0 N–H and O–H groups in total. The Balaban J connectivity index is 1.23. The molecule has 7 aromatic rings. The van der Waals surface area contributed by atoms with Gasteiger partial charge in [-0.2, -0.15) is 0 Å². The van der Waals surface area contributed by atoms with Crippen LogP contribution in [0.4, 0.5) is 11.4 Å². The molecule has 2 nitrogen and oxygen atoms in total. The minimum atomic E-state index is 0.186. The number of rotatable bonds is 4. The SMILES string of the molecule is C1=CC2C(c3ccccc3N2c2ccc(-c3ccccc3)cc2)c2c1n(-c1ccccc1-c1ccccc1)c1ccccc21. The van der Waals surface area contributed by atoms with E-state index in [1.165, 1.54) is 67.0 Å². The van der Waals surface area contributed by atoms with E-state index in [4.69, 9.17) is 0 Å². The molecule has 0 fully saturated rings. The maximum Gasteiger partial charge on any atom is 0.0637 e. The smallest absolute Gasteiger partial charge is 0.0637 e. The van der Waals surface area contributed by atoms with Crippen molar-refractivity contribution in [1.82, 2.24) is 4.57 Å². The van der Waals surface area contributed by atoms with Crippen molar-refractivity contribution in [1.29, 1.82) is 0 Å². The van der Waals surface area contributed by atoms with E-state index in [2.05, 4.69) is 179 Å². The number of hydrogen-bond donors (Lipinski definition) is 0. The molecule has 208 valence electrons. The second kappa shape index (κ2) is 10.00. The fraction of sp³-hybridized carbons (Fsp3) is 0.0476. The van der Waals surface area contributed by atoms with Gasteiger partial charge < -0.3 is 9.47 Å². The van der Waals surface area contributed by atoms with E-state index in [1.807, 2.05) is 0 Å². The van der Waals surface area contributed by atoms with Crippen molar-refractivity contribution >= 4 is 28.4 Å². The van der Waals surface area contributed by atoms with Gasteiger partial charge in [0.15, 0.2) is 0 Å². The molecule has 2 atom stereocenters. The van der Waals surface area contributed by atoms with Crippen molar-refractivity contribution in [2.24, 2.45) is 0 Å². The van der Waals surface area contributed by atoms with Gasteiger partial charge in [-0.3, -0.25) is 0 Å². The first-order chi connectivity index (χ1) is 21.9. The van der Waals surface area contributed by atoms with Gasteiger partial charge in [0.05, 0.1) is 22.9 Å². The highest BCUT2D eigenvalue weighted by Crippen LogP contribution is 2.54. The van der Waals surface area contributed by atoms with E-state index in [0.29, 0.717) is 0 Å². The van der Waals surface area contributed by atoms with Crippen molar-refractivity contribution in [3.05, 3.63) is 181 Å². The second-order valence-electron chi connectivity index (χ2n) is 11.7. The fourth-order valence-electron chi connectivity index (χ4n) is 7.50. The highest BCUT2D eigenvalue weighted by atomic mass is 15.2. The van der Waals surface area contributed by atoms with Crippen molar-refractivity contribution in [3.63, 3.8) is 0 Å². The van der Waals surface area contributed by atoms with E-state index in [9.17, 15) is 0 Å². The lowest BCUT2D eigenvalue weighted by Crippen LogP contribution is -2.30. The van der Waals surface area contributed by atoms with Gasteiger partial charge >= 0.3 is 0 Å². The number of aromatic nitrogens is 1. The minimum Gasteiger partial charge on any atom is -0.333 e. The zero-order chi connectivity index (χ0) is 29.0. The lowest BCUT2D eigenvalue weighted by molar-refractivity contribution is 0.725. The Bertz CT molecular complexity index is 2170. The highest BCUT2D eigenvalue weighted by Gasteiger charge is 2.43. The Morgan fingerprint density at radius 3 is 1.89 bits per heavy atom.